The Morgan fingerprint density at radius 3 is 2.14 bits per heavy atom. The van der Waals surface area contributed by atoms with Gasteiger partial charge in [0.25, 0.3) is 0 Å². The summed E-state index contributed by atoms with van der Waals surface area (Å²) in [6.45, 7) is 6.74. The van der Waals surface area contributed by atoms with E-state index in [0.29, 0.717) is 0 Å². The molecular formula is C6H13Si. The Balaban J connectivity index is 3.08. The molecule has 0 aromatic heterocycles. The van der Waals surface area contributed by atoms with E-state index in [-0.39, 0.29) is 8.80 Å². The minimum atomic E-state index is -0.0778. The zero-order valence-electron chi connectivity index (χ0n) is 5.36. The van der Waals surface area contributed by atoms with Crippen molar-refractivity contribution >= 4 is 8.80 Å². The first-order valence-electron chi connectivity index (χ1n) is 2.74. The molecule has 0 aliphatic rings. The van der Waals surface area contributed by atoms with E-state index in [4.69, 9.17) is 0 Å². The first-order valence-corrected chi connectivity index (χ1v) is 5.31. The van der Waals surface area contributed by atoms with Crippen molar-refractivity contribution in [2.24, 2.45) is 0 Å². The minimum Gasteiger partial charge on any atom is -0.101 e. The SMILES string of the molecule is CC/C=C/[Si](C)C. The van der Waals surface area contributed by atoms with E-state index in [0.717, 1.165) is 0 Å². The Kier molecular flexibility index (Phi) is 4.10. The molecule has 0 unspecified atom stereocenters. The van der Waals surface area contributed by atoms with Crippen LogP contribution in [0.5, 0.6) is 0 Å². The molecule has 0 nitrogen and oxygen atoms in total. The van der Waals surface area contributed by atoms with Crippen molar-refractivity contribution in [2.75, 3.05) is 0 Å². The van der Waals surface area contributed by atoms with Crippen LogP contribution >= 0.6 is 0 Å². The monoisotopic (exact) mass is 113 g/mol. The van der Waals surface area contributed by atoms with Crippen LogP contribution in [0.2, 0.25) is 13.1 Å². The molecule has 0 aliphatic heterocycles. The van der Waals surface area contributed by atoms with E-state index in [2.05, 4.69) is 31.8 Å². The van der Waals surface area contributed by atoms with Gasteiger partial charge in [-0.1, -0.05) is 26.1 Å². The van der Waals surface area contributed by atoms with Gasteiger partial charge in [-0.3, -0.25) is 0 Å². The highest BCUT2D eigenvalue weighted by atomic mass is 28.3. The Bertz CT molecular complexity index is 55.2. The highest BCUT2D eigenvalue weighted by Gasteiger charge is 1.81. The molecule has 0 heterocycles. The third kappa shape index (κ3) is 5.96. The Labute approximate surface area is 47.9 Å². The summed E-state index contributed by atoms with van der Waals surface area (Å²) in [6, 6.07) is 0. The first-order chi connectivity index (χ1) is 3.27. The van der Waals surface area contributed by atoms with Gasteiger partial charge in [-0.25, -0.2) is 0 Å². The van der Waals surface area contributed by atoms with Crippen molar-refractivity contribution in [3.05, 3.63) is 11.8 Å². The molecule has 0 N–H and O–H groups in total. The van der Waals surface area contributed by atoms with Gasteiger partial charge >= 0.3 is 0 Å². The van der Waals surface area contributed by atoms with Crippen LogP contribution in [0.15, 0.2) is 11.8 Å². The van der Waals surface area contributed by atoms with Gasteiger partial charge in [-0.2, -0.15) is 0 Å². The molecule has 0 fully saturated rings. The van der Waals surface area contributed by atoms with Crippen LogP contribution in [0, 0.1) is 0 Å². The maximum absolute atomic E-state index is 2.32. The highest BCUT2D eigenvalue weighted by Crippen LogP contribution is 1.84. The smallest absolute Gasteiger partial charge is 0.0688 e. The maximum Gasteiger partial charge on any atom is 0.0688 e. The van der Waals surface area contributed by atoms with Crippen LogP contribution in [0.4, 0.5) is 0 Å². The second kappa shape index (κ2) is 4.12. The highest BCUT2D eigenvalue weighted by molar-refractivity contribution is 6.61. The van der Waals surface area contributed by atoms with Crippen molar-refractivity contribution in [2.45, 2.75) is 26.4 Å². The van der Waals surface area contributed by atoms with Crippen LogP contribution in [0.1, 0.15) is 13.3 Å². The lowest BCUT2D eigenvalue weighted by molar-refractivity contribution is 1.23. The third-order valence-electron chi connectivity index (χ3n) is 0.687. The molecule has 41 valence electrons. The molecule has 0 bridgehead atoms. The fourth-order valence-electron chi connectivity index (χ4n) is 0.354. The lowest BCUT2D eigenvalue weighted by atomic mass is 10.5. The van der Waals surface area contributed by atoms with Gasteiger partial charge in [0, 0.05) is 0 Å². The van der Waals surface area contributed by atoms with E-state index in [1.165, 1.54) is 6.42 Å². The van der Waals surface area contributed by atoms with E-state index >= 15 is 0 Å². The molecule has 1 radical (unpaired) electrons. The number of hydrogen-bond donors (Lipinski definition) is 0. The summed E-state index contributed by atoms with van der Waals surface area (Å²) in [7, 11) is -0.0778. The van der Waals surface area contributed by atoms with Gasteiger partial charge in [0.05, 0.1) is 8.80 Å². The summed E-state index contributed by atoms with van der Waals surface area (Å²) in [6.07, 6.45) is 3.43. The molecule has 0 rings (SSSR count). The molecule has 0 saturated heterocycles. The van der Waals surface area contributed by atoms with Crippen LogP contribution in [-0.2, 0) is 0 Å². The topological polar surface area (TPSA) is 0 Å². The van der Waals surface area contributed by atoms with Crippen LogP contribution in [0.3, 0.4) is 0 Å². The molecular weight excluding hydrogens is 100 g/mol. The summed E-state index contributed by atoms with van der Waals surface area (Å²) >= 11 is 0. The van der Waals surface area contributed by atoms with E-state index in [1.54, 1.807) is 0 Å². The second-order valence-electron chi connectivity index (χ2n) is 1.89. The molecule has 0 aromatic carbocycles. The quantitative estimate of drug-likeness (QED) is 0.482. The Morgan fingerprint density at radius 1 is 1.43 bits per heavy atom. The van der Waals surface area contributed by atoms with Crippen molar-refractivity contribution in [1.82, 2.24) is 0 Å². The van der Waals surface area contributed by atoms with Crippen LogP contribution < -0.4 is 0 Å². The van der Waals surface area contributed by atoms with Gasteiger partial charge in [-0.15, -0.1) is 5.70 Å². The Hall–Kier alpha value is -0.0431. The van der Waals surface area contributed by atoms with E-state index in [9.17, 15) is 0 Å². The second-order valence-corrected chi connectivity index (χ2v) is 4.38. The fourth-order valence-corrected chi connectivity index (χ4v) is 1.06. The summed E-state index contributed by atoms with van der Waals surface area (Å²) in [5, 5.41) is 0. The largest absolute Gasteiger partial charge is 0.101 e. The van der Waals surface area contributed by atoms with Crippen LogP contribution in [-0.4, -0.2) is 8.80 Å². The average Bonchev–Trinajstić information content (AvgIpc) is 1.61. The molecule has 0 saturated carbocycles. The lowest BCUT2D eigenvalue weighted by Crippen LogP contribution is -1.91. The average molecular weight is 113 g/mol. The van der Waals surface area contributed by atoms with Crippen molar-refractivity contribution < 1.29 is 0 Å². The predicted molar refractivity (Wildman–Crippen MR) is 36.9 cm³/mol. The number of rotatable bonds is 2. The van der Waals surface area contributed by atoms with Crippen LogP contribution in [0.25, 0.3) is 0 Å². The predicted octanol–water partition coefficient (Wildman–Crippen LogP) is 2.25. The third-order valence-corrected chi connectivity index (χ3v) is 1.59. The summed E-state index contributed by atoms with van der Waals surface area (Å²) < 4.78 is 0. The Morgan fingerprint density at radius 2 is 2.00 bits per heavy atom. The molecule has 1 heteroatoms. The van der Waals surface area contributed by atoms with Crippen molar-refractivity contribution in [3.63, 3.8) is 0 Å². The normalized spacial score (nSPS) is 11.4. The van der Waals surface area contributed by atoms with Crippen molar-refractivity contribution in [1.29, 1.82) is 0 Å². The first kappa shape index (κ1) is 6.96. The van der Waals surface area contributed by atoms with Gasteiger partial charge in [0.1, 0.15) is 0 Å². The summed E-state index contributed by atoms with van der Waals surface area (Å²) in [5.74, 6) is 0. The molecule has 0 aromatic rings. The fraction of sp³-hybridized carbons (Fsp3) is 0.667. The molecule has 7 heavy (non-hydrogen) atoms. The zero-order chi connectivity index (χ0) is 5.70. The maximum atomic E-state index is 2.32. The number of allylic oxidation sites excluding steroid dienone is 1. The molecule has 0 spiro atoms. The standard InChI is InChI=1S/C6H13Si/c1-4-5-6-7(2)3/h5-6H,4H2,1-3H3/b6-5+. The minimum absolute atomic E-state index is 0.0778. The molecule has 0 atom stereocenters. The van der Waals surface area contributed by atoms with Gasteiger partial charge < -0.3 is 0 Å². The van der Waals surface area contributed by atoms with E-state index in [1.807, 2.05) is 0 Å². The van der Waals surface area contributed by atoms with Gasteiger partial charge in [-0.05, 0) is 6.42 Å². The van der Waals surface area contributed by atoms with Gasteiger partial charge in [0.15, 0.2) is 0 Å². The van der Waals surface area contributed by atoms with E-state index < -0.39 is 0 Å². The summed E-state index contributed by atoms with van der Waals surface area (Å²) in [5.41, 5.74) is 2.32. The van der Waals surface area contributed by atoms with Gasteiger partial charge in [0.2, 0.25) is 0 Å². The zero-order valence-corrected chi connectivity index (χ0v) is 6.36. The molecule has 0 aliphatic carbocycles. The van der Waals surface area contributed by atoms with Crippen molar-refractivity contribution in [3.8, 4) is 0 Å². The number of hydrogen-bond acceptors (Lipinski definition) is 0. The summed E-state index contributed by atoms with van der Waals surface area (Å²) in [4.78, 5) is 0. The lowest BCUT2D eigenvalue weighted by Gasteiger charge is -1.86. The molecule has 0 amide bonds.